The molecule has 1 saturated heterocycles. The van der Waals surface area contributed by atoms with Crippen LogP contribution in [0.5, 0.6) is 0 Å². The molecule has 0 spiro atoms. The summed E-state index contributed by atoms with van der Waals surface area (Å²) >= 11 is 0. The van der Waals surface area contributed by atoms with Crippen LogP contribution in [-0.2, 0) is 0 Å². The fourth-order valence-corrected chi connectivity index (χ4v) is 2.69. The quantitative estimate of drug-likeness (QED) is 0.846. The summed E-state index contributed by atoms with van der Waals surface area (Å²) in [6.45, 7) is 3.17. The fraction of sp³-hybridized carbons (Fsp3) is 0.294. The molecule has 0 radical (unpaired) electrons. The second-order valence-corrected chi connectivity index (χ2v) is 5.21. The van der Waals surface area contributed by atoms with Crippen LogP contribution in [0.25, 0.3) is 0 Å². The van der Waals surface area contributed by atoms with Gasteiger partial charge >= 0.3 is 0 Å². The molecule has 2 aromatic rings. The first kappa shape index (κ1) is 12.4. The van der Waals surface area contributed by atoms with Gasteiger partial charge in [0, 0.05) is 12.6 Å². The van der Waals surface area contributed by atoms with Crippen molar-refractivity contribution < 1.29 is 5.11 Å². The summed E-state index contributed by atoms with van der Waals surface area (Å²) in [5.74, 6) is 0. The summed E-state index contributed by atoms with van der Waals surface area (Å²) in [5, 5.41) is 10.4. The number of nitrogens with zero attached hydrogens (tertiary/aromatic N) is 1. The van der Waals surface area contributed by atoms with Crippen LogP contribution in [0.2, 0.25) is 0 Å². The zero-order valence-electron chi connectivity index (χ0n) is 11.1. The van der Waals surface area contributed by atoms with Crippen molar-refractivity contribution >= 4 is 0 Å². The summed E-state index contributed by atoms with van der Waals surface area (Å²) in [6.07, 6.45) is -0.382. The van der Waals surface area contributed by atoms with Gasteiger partial charge in [0.15, 0.2) is 0 Å². The van der Waals surface area contributed by atoms with Crippen LogP contribution in [0.4, 0.5) is 0 Å². The van der Waals surface area contributed by atoms with Gasteiger partial charge in [-0.2, -0.15) is 0 Å². The Hall–Kier alpha value is -1.64. The molecule has 0 amide bonds. The van der Waals surface area contributed by atoms with Gasteiger partial charge in [-0.1, -0.05) is 60.7 Å². The molecule has 1 unspecified atom stereocenters. The van der Waals surface area contributed by atoms with E-state index in [-0.39, 0.29) is 12.1 Å². The van der Waals surface area contributed by atoms with E-state index in [0.29, 0.717) is 6.04 Å². The average Bonchev–Trinajstić information content (AvgIpc) is 3.28. The Labute approximate surface area is 114 Å². The van der Waals surface area contributed by atoms with Crippen molar-refractivity contribution in [1.82, 2.24) is 4.90 Å². The maximum atomic E-state index is 10.4. The Kier molecular flexibility index (Phi) is 3.36. The molecule has 4 atom stereocenters. The molecule has 98 valence electrons. The topological polar surface area (TPSA) is 23.2 Å². The van der Waals surface area contributed by atoms with Crippen molar-refractivity contribution in [2.45, 2.75) is 25.1 Å². The van der Waals surface area contributed by atoms with Gasteiger partial charge in [-0.3, -0.25) is 4.90 Å². The SMILES string of the molecule is C[C@@H](c1ccccc1)[N@@]1C[C@@H]1C(O)c1ccccc1. The monoisotopic (exact) mass is 253 g/mol. The van der Waals surface area contributed by atoms with Crippen molar-refractivity contribution in [2.24, 2.45) is 0 Å². The third kappa shape index (κ3) is 2.55. The molecule has 1 N–H and O–H groups in total. The minimum atomic E-state index is -0.382. The number of rotatable bonds is 4. The van der Waals surface area contributed by atoms with E-state index in [9.17, 15) is 5.11 Å². The number of hydrogen-bond donors (Lipinski definition) is 1. The van der Waals surface area contributed by atoms with E-state index in [1.807, 2.05) is 36.4 Å². The van der Waals surface area contributed by atoms with E-state index in [1.165, 1.54) is 5.56 Å². The van der Waals surface area contributed by atoms with Gasteiger partial charge in [-0.25, -0.2) is 0 Å². The molecular weight excluding hydrogens is 234 g/mol. The highest BCUT2D eigenvalue weighted by molar-refractivity contribution is 5.24. The lowest BCUT2D eigenvalue weighted by Gasteiger charge is -2.17. The average molecular weight is 253 g/mol. The minimum Gasteiger partial charge on any atom is -0.387 e. The predicted molar refractivity (Wildman–Crippen MR) is 76.8 cm³/mol. The van der Waals surface area contributed by atoms with Gasteiger partial charge in [0.1, 0.15) is 0 Å². The molecule has 1 aliphatic rings. The number of hydrogen-bond acceptors (Lipinski definition) is 2. The van der Waals surface area contributed by atoms with Gasteiger partial charge in [0.25, 0.3) is 0 Å². The Morgan fingerprint density at radius 3 is 2.05 bits per heavy atom. The van der Waals surface area contributed by atoms with Crippen LogP contribution >= 0.6 is 0 Å². The van der Waals surface area contributed by atoms with Crippen LogP contribution in [0, 0.1) is 0 Å². The first-order valence-corrected chi connectivity index (χ1v) is 6.81. The lowest BCUT2D eigenvalue weighted by molar-refractivity contribution is 0.151. The largest absolute Gasteiger partial charge is 0.387 e. The third-order valence-electron chi connectivity index (χ3n) is 3.98. The van der Waals surface area contributed by atoms with Crippen molar-refractivity contribution in [3.8, 4) is 0 Å². The molecule has 0 aliphatic carbocycles. The van der Waals surface area contributed by atoms with Crippen molar-refractivity contribution in [1.29, 1.82) is 0 Å². The lowest BCUT2D eigenvalue weighted by Crippen LogP contribution is -2.14. The summed E-state index contributed by atoms with van der Waals surface area (Å²) in [5.41, 5.74) is 2.32. The Bertz CT molecular complexity index is 476. The highest BCUT2D eigenvalue weighted by atomic mass is 16.3. The van der Waals surface area contributed by atoms with Crippen LogP contribution in [0.15, 0.2) is 60.7 Å². The predicted octanol–water partition coefficient (Wildman–Crippen LogP) is 3.17. The lowest BCUT2D eigenvalue weighted by atomic mass is 10.1. The Morgan fingerprint density at radius 2 is 1.47 bits per heavy atom. The normalized spacial score (nSPS) is 24.7. The molecule has 0 bridgehead atoms. The van der Waals surface area contributed by atoms with E-state index in [4.69, 9.17) is 0 Å². The maximum Gasteiger partial charge on any atom is 0.0957 e. The number of benzene rings is 2. The summed E-state index contributed by atoms with van der Waals surface area (Å²) in [7, 11) is 0. The fourth-order valence-electron chi connectivity index (χ4n) is 2.69. The van der Waals surface area contributed by atoms with Crippen LogP contribution in [0.1, 0.15) is 30.2 Å². The Morgan fingerprint density at radius 1 is 0.947 bits per heavy atom. The third-order valence-corrected chi connectivity index (χ3v) is 3.98. The van der Waals surface area contributed by atoms with Crippen LogP contribution in [-0.4, -0.2) is 22.6 Å². The van der Waals surface area contributed by atoms with E-state index in [0.717, 1.165) is 12.1 Å². The molecule has 19 heavy (non-hydrogen) atoms. The highest BCUT2D eigenvalue weighted by Crippen LogP contribution is 2.38. The molecule has 2 heteroatoms. The van der Waals surface area contributed by atoms with Crippen LogP contribution < -0.4 is 0 Å². The zero-order valence-corrected chi connectivity index (χ0v) is 11.1. The van der Waals surface area contributed by atoms with E-state index >= 15 is 0 Å². The second kappa shape index (κ2) is 5.16. The zero-order chi connectivity index (χ0) is 13.2. The summed E-state index contributed by atoms with van der Waals surface area (Å²) < 4.78 is 0. The summed E-state index contributed by atoms with van der Waals surface area (Å²) in [6, 6.07) is 21.0. The molecule has 1 heterocycles. The smallest absolute Gasteiger partial charge is 0.0957 e. The first-order chi connectivity index (χ1) is 9.27. The van der Waals surface area contributed by atoms with Gasteiger partial charge < -0.3 is 5.11 Å². The maximum absolute atomic E-state index is 10.4. The van der Waals surface area contributed by atoms with Gasteiger partial charge in [0.05, 0.1) is 12.1 Å². The van der Waals surface area contributed by atoms with E-state index in [2.05, 4.69) is 36.1 Å². The van der Waals surface area contributed by atoms with Crippen molar-refractivity contribution in [3.05, 3.63) is 71.8 Å². The molecule has 0 saturated carbocycles. The van der Waals surface area contributed by atoms with E-state index < -0.39 is 0 Å². The number of aliphatic hydroxyl groups excluding tert-OH is 1. The molecule has 1 aliphatic heterocycles. The second-order valence-electron chi connectivity index (χ2n) is 5.21. The van der Waals surface area contributed by atoms with Crippen LogP contribution in [0.3, 0.4) is 0 Å². The van der Waals surface area contributed by atoms with E-state index in [1.54, 1.807) is 0 Å². The standard InChI is InChI=1S/C17H19NO/c1-13(14-8-4-2-5-9-14)18-12-16(18)17(19)15-10-6-3-7-11-15/h2-11,13,16-17,19H,12H2,1H3/t13-,16+,17?,18+/m0/s1. The molecule has 1 fully saturated rings. The van der Waals surface area contributed by atoms with Crippen molar-refractivity contribution in [2.75, 3.05) is 6.54 Å². The molecular formula is C17H19NO. The molecule has 3 rings (SSSR count). The van der Waals surface area contributed by atoms with Crippen molar-refractivity contribution in [3.63, 3.8) is 0 Å². The van der Waals surface area contributed by atoms with Gasteiger partial charge in [-0.05, 0) is 18.1 Å². The first-order valence-electron chi connectivity index (χ1n) is 6.81. The van der Waals surface area contributed by atoms with Gasteiger partial charge in [0.2, 0.25) is 0 Å². The Balaban J connectivity index is 1.68. The molecule has 2 nitrogen and oxygen atoms in total. The molecule has 0 aromatic heterocycles. The number of aliphatic hydroxyl groups is 1. The summed E-state index contributed by atoms with van der Waals surface area (Å²) in [4.78, 5) is 2.34. The minimum absolute atomic E-state index is 0.248. The molecule has 2 aromatic carbocycles. The highest BCUT2D eigenvalue weighted by Gasteiger charge is 2.43. The van der Waals surface area contributed by atoms with Gasteiger partial charge in [-0.15, -0.1) is 0 Å².